The SMILES string of the molecule is C[C@H](NC(=O)CSc1nnnn1-c1ccc(Cl)cc1)c1ccccc1Cl. The van der Waals surface area contributed by atoms with Crippen molar-refractivity contribution in [2.45, 2.75) is 18.1 Å². The van der Waals surface area contributed by atoms with Crippen molar-refractivity contribution in [3.8, 4) is 5.69 Å². The highest BCUT2D eigenvalue weighted by Crippen LogP contribution is 2.23. The molecule has 6 nitrogen and oxygen atoms in total. The molecule has 3 rings (SSSR count). The summed E-state index contributed by atoms with van der Waals surface area (Å²) in [7, 11) is 0. The lowest BCUT2D eigenvalue weighted by Crippen LogP contribution is -2.28. The van der Waals surface area contributed by atoms with Crippen molar-refractivity contribution in [1.82, 2.24) is 25.5 Å². The minimum Gasteiger partial charge on any atom is -0.349 e. The number of nitrogens with one attached hydrogen (secondary N) is 1. The van der Waals surface area contributed by atoms with Gasteiger partial charge in [-0.2, -0.15) is 4.68 Å². The highest BCUT2D eigenvalue weighted by atomic mass is 35.5. The van der Waals surface area contributed by atoms with Gasteiger partial charge < -0.3 is 5.32 Å². The molecule has 134 valence electrons. The van der Waals surface area contributed by atoms with Crippen molar-refractivity contribution >= 4 is 40.9 Å². The zero-order valence-electron chi connectivity index (χ0n) is 13.8. The average Bonchev–Trinajstić information content (AvgIpc) is 3.09. The Kier molecular flexibility index (Phi) is 6.13. The van der Waals surface area contributed by atoms with Crippen molar-refractivity contribution in [1.29, 1.82) is 0 Å². The summed E-state index contributed by atoms with van der Waals surface area (Å²) in [4.78, 5) is 12.3. The summed E-state index contributed by atoms with van der Waals surface area (Å²) in [5.41, 5.74) is 1.64. The van der Waals surface area contributed by atoms with Crippen LogP contribution in [0.25, 0.3) is 5.69 Å². The van der Waals surface area contributed by atoms with Gasteiger partial charge in [-0.3, -0.25) is 4.79 Å². The largest absolute Gasteiger partial charge is 0.349 e. The van der Waals surface area contributed by atoms with Crippen molar-refractivity contribution in [3.63, 3.8) is 0 Å². The van der Waals surface area contributed by atoms with Gasteiger partial charge in [0.05, 0.1) is 17.5 Å². The lowest BCUT2D eigenvalue weighted by atomic mass is 10.1. The first-order valence-corrected chi connectivity index (χ1v) is 9.49. The molecule has 0 aliphatic carbocycles. The number of tetrazole rings is 1. The van der Waals surface area contributed by atoms with Crippen molar-refractivity contribution in [3.05, 3.63) is 64.1 Å². The van der Waals surface area contributed by atoms with E-state index in [4.69, 9.17) is 23.2 Å². The summed E-state index contributed by atoms with van der Waals surface area (Å²) in [6.45, 7) is 1.89. The molecule has 1 heterocycles. The fraction of sp³-hybridized carbons (Fsp3) is 0.176. The Balaban J connectivity index is 1.61. The van der Waals surface area contributed by atoms with Crippen molar-refractivity contribution in [2.24, 2.45) is 0 Å². The van der Waals surface area contributed by atoms with Crippen LogP contribution in [0.4, 0.5) is 0 Å². The van der Waals surface area contributed by atoms with E-state index in [1.54, 1.807) is 22.9 Å². The molecule has 1 amide bonds. The van der Waals surface area contributed by atoms with Crippen LogP contribution in [-0.2, 0) is 4.79 Å². The molecule has 0 saturated heterocycles. The number of hydrogen-bond acceptors (Lipinski definition) is 5. The van der Waals surface area contributed by atoms with Gasteiger partial charge in [-0.1, -0.05) is 53.2 Å². The van der Waals surface area contributed by atoms with Gasteiger partial charge in [-0.05, 0) is 53.2 Å². The van der Waals surface area contributed by atoms with Crippen molar-refractivity contribution in [2.75, 3.05) is 5.75 Å². The predicted molar refractivity (Wildman–Crippen MR) is 103 cm³/mol. The molecule has 9 heteroatoms. The molecule has 0 spiro atoms. The molecule has 3 aromatic rings. The molecule has 0 bridgehead atoms. The Bertz CT molecular complexity index is 900. The van der Waals surface area contributed by atoms with Crippen LogP contribution in [0, 0.1) is 0 Å². The number of benzene rings is 2. The smallest absolute Gasteiger partial charge is 0.230 e. The number of carbonyl (C=O) groups is 1. The maximum absolute atomic E-state index is 12.3. The number of rotatable bonds is 6. The third kappa shape index (κ3) is 4.55. The summed E-state index contributed by atoms with van der Waals surface area (Å²) in [6.07, 6.45) is 0. The summed E-state index contributed by atoms with van der Waals surface area (Å²) >= 11 is 13.3. The van der Waals surface area contributed by atoms with E-state index in [1.807, 2.05) is 37.3 Å². The first-order chi connectivity index (χ1) is 12.5. The molecule has 1 atom stereocenters. The fourth-order valence-corrected chi connectivity index (χ4v) is 3.46. The molecule has 0 unspecified atom stereocenters. The molecule has 0 radical (unpaired) electrons. The van der Waals surface area contributed by atoms with Gasteiger partial charge in [-0.15, -0.1) is 5.10 Å². The lowest BCUT2D eigenvalue weighted by molar-refractivity contribution is -0.119. The maximum Gasteiger partial charge on any atom is 0.230 e. The summed E-state index contributed by atoms with van der Waals surface area (Å²) < 4.78 is 1.56. The second-order valence-electron chi connectivity index (χ2n) is 5.45. The Morgan fingerprint density at radius 2 is 1.92 bits per heavy atom. The normalized spacial score (nSPS) is 12.0. The zero-order valence-corrected chi connectivity index (χ0v) is 16.1. The summed E-state index contributed by atoms with van der Waals surface area (Å²) in [5, 5.41) is 16.3. The maximum atomic E-state index is 12.3. The second-order valence-corrected chi connectivity index (χ2v) is 7.24. The van der Waals surface area contributed by atoms with Crippen LogP contribution in [-0.4, -0.2) is 31.9 Å². The second kappa shape index (κ2) is 8.53. The molecule has 0 saturated carbocycles. The number of thioether (sulfide) groups is 1. The molecule has 0 aliphatic heterocycles. The minimum absolute atomic E-state index is 0.131. The van der Waals surface area contributed by atoms with E-state index >= 15 is 0 Å². The standard InChI is InChI=1S/C17H15Cl2N5OS/c1-11(14-4-2-3-5-15(14)19)20-16(25)10-26-17-21-22-23-24(17)13-8-6-12(18)7-9-13/h2-9,11H,10H2,1H3,(H,20,25)/t11-/m0/s1. The Hall–Kier alpha value is -2.09. The van der Waals surface area contributed by atoms with Gasteiger partial charge >= 0.3 is 0 Å². The van der Waals surface area contributed by atoms with Crippen LogP contribution < -0.4 is 5.32 Å². The van der Waals surface area contributed by atoms with Crippen LogP contribution in [0.2, 0.25) is 10.0 Å². The zero-order chi connectivity index (χ0) is 18.5. The Morgan fingerprint density at radius 3 is 2.65 bits per heavy atom. The van der Waals surface area contributed by atoms with E-state index in [0.29, 0.717) is 15.2 Å². The lowest BCUT2D eigenvalue weighted by Gasteiger charge is -2.15. The van der Waals surface area contributed by atoms with Gasteiger partial charge in [0, 0.05) is 10.0 Å². The first-order valence-electron chi connectivity index (χ1n) is 7.75. The highest BCUT2D eigenvalue weighted by Gasteiger charge is 2.15. The Labute approximate surface area is 164 Å². The van der Waals surface area contributed by atoms with E-state index in [0.717, 1.165) is 11.3 Å². The molecule has 2 aromatic carbocycles. The number of nitrogens with zero attached hydrogens (tertiary/aromatic N) is 4. The van der Waals surface area contributed by atoms with Gasteiger partial charge in [0.25, 0.3) is 0 Å². The Morgan fingerprint density at radius 1 is 1.19 bits per heavy atom. The number of hydrogen-bond donors (Lipinski definition) is 1. The van der Waals surface area contributed by atoms with Crippen LogP contribution >= 0.6 is 35.0 Å². The van der Waals surface area contributed by atoms with E-state index in [1.165, 1.54) is 11.8 Å². The molecule has 0 fully saturated rings. The fourth-order valence-electron chi connectivity index (χ4n) is 2.33. The van der Waals surface area contributed by atoms with Crippen LogP contribution in [0.15, 0.2) is 53.7 Å². The van der Waals surface area contributed by atoms with Gasteiger partial charge in [0.15, 0.2) is 0 Å². The number of aromatic nitrogens is 4. The van der Waals surface area contributed by atoms with Gasteiger partial charge in [0.1, 0.15) is 0 Å². The third-order valence-corrected chi connectivity index (χ3v) is 5.11. The van der Waals surface area contributed by atoms with E-state index in [-0.39, 0.29) is 17.7 Å². The number of carbonyl (C=O) groups excluding carboxylic acids is 1. The van der Waals surface area contributed by atoms with Gasteiger partial charge in [-0.25, -0.2) is 0 Å². The number of amides is 1. The average molecular weight is 408 g/mol. The van der Waals surface area contributed by atoms with Crippen LogP contribution in [0.1, 0.15) is 18.5 Å². The molecular formula is C17H15Cl2N5OS. The topological polar surface area (TPSA) is 72.7 Å². The molecule has 1 N–H and O–H groups in total. The van der Waals surface area contributed by atoms with Crippen LogP contribution in [0.3, 0.4) is 0 Å². The quantitative estimate of drug-likeness (QED) is 0.626. The summed E-state index contributed by atoms with van der Waals surface area (Å²) in [6, 6.07) is 14.4. The highest BCUT2D eigenvalue weighted by molar-refractivity contribution is 7.99. The molecular weight excluding hydrogens is 393 g/mol. The van der Waals surface area contributed by atoms with Crippen molar-refractivity contribution < 1.29 is 4.79 Å². The van der Waals surface area contributed by atoms with E-state index in [9.17, 15) is 4.79 Å². The predicted octanol–water partition coefficient (Wildman–Crippen LogP) is 3.94. The first kappa shape index (κ1) is 18.7. The monoisotopic (exact) mass is 407 g/mol. The molecule has 1 aromatic heterocycles. The third-order valence-electron chi connectivity index (χ3n) is 3.59. The minimum atomic E-state index is -0.191. The van der Waals surface area contributed by atoms with E-state index in [2.05, 4.69) is 20.8 Å². The number of halogens is 2. The van der Waals surface area contributed by atoms with E-state index < -0.39 is 0 Å². The molecule has 0 aliphatic rings. The van der Waals surface area contributed by atoms with Crippen LogP contribution in [0.5, 0.6) is 0 Å². The summed E-state index contributed by atoms with van der Waals surface area (Å²) in [5.74, 6) is 0.0519. The molecule has 26 heavy (non-hydrogen) atoms. The van der Waals surface area contributed by atoms with Gasteiger partial charge in [0.2, 0.25) is 11.1 Å².